The van der Waals surface area contributed by atoms with Gasteiger partial charge in [0.05, 0.1) is 0 Å². The number of nitrogens with one attached hydrogen (secondary N) is 1. The van der Waals surface area contributed by atoms with Crippen LogP contribution in [-0.4, -0.2) is 36.9 Å². The van der Waals surface area contributed by atoms with E-state index in [1.165, 1.54) is 38.5 Å². The Kier molecular flexibility index (Phi) is 8.84. The lowest BCUT2D eigenvalue weighted by Gasteiger charge is -2.16. The molecule has 1 saturated carbocycles. The fraction of sp³-hybridized carbons (Fsp3) is 0.933. The molecular weight excluding hydrogens is 242 g/mol. The maximum atomic E-state index is 11.0. The van der Waals surface area contributed by atoms with Crippen LogP contribution in [0.5, 0.6) is 0 Å². The number of carbonyl (C=O) groups is 1. The highest BCUT2D eigenvalue weighted by molar-refractivity contribution is 5.73. The zero-order valence-corrected chi connectivity index (χ0v) is 12.2. The van der Waals surface area contributed by atoms with E-state index in [1.807, 2.05) is 6.92 Å². The van der Waals surface area contributed by atoms with Gasteiger partial charge >= 0.3 is 5.97 Å². The van der Waals surface area contributed by atoms with Crippen molar-refractivity contribution in [2.45, 2.75) is 64.3 Å². The lowest BCUT2D eigenvalue weighted by molar-refractivity contribution is -0.140. The summed E-state index contributed by atoms with van der Waals surface area (Å²) in [4.78, 5) is 11.0. The van der Waals surface area contributed by atoms with Crippen molar-refractivity contribution in [3.63, 3.8) is 0 Å². The smallest absolute Gasteiger partial charge is 0.320 e. The molecule has 1 aliphatic carbocycles. The molecule has 4 heteroatoms. The maximum Gasteiger partial charge on any atom is 0.320 e. The number of carboxylic acid groups (broad SMARTS) is 1. The zero-order valence-electron chi connectivity index (χ0n) is 12.2. The van der Waals surface area contributed by atoms with Crippen LogP contribution in [0.3, 0.4) is 0 Å². The molecule has 1 rings (SSSR count). The fourth-order valence-corrected chi connectivity index (χ4v) is 2.61. The summed E-state index contributed by atoms with van der Waals surface area (Å²) in [5.74, 6) is -0.0825. The van der Waals surface area contributed by atoms with Gasteiger partial charge in [-0.2, -0.15) is 0 Å². The minimum Gasteiger partial charge on any atom is -0.480 e. The second kappa shape index (κ2) is 10.2. The average Bonchev–Trinajstić information content (AvgIpc) is 2.66. The van der Waals surface area contributed by atoms with Crippen molar-refractivity contribution in [1.82, 2.24) is 5.32 Å². The Morgan fingerprint density at radius 3 is 2.58 bits per heavy atom. The summed E-state index contributed by atoms with van der Waals surface area (Å²) in [5.41, 5.74) is 0. The molecule has 1 atom stereocenters. The zero-order chi connectivity index (χ0) is 13.9. The molecule has 0 spiro atoms. The molecule has 0 radical (unpaired) electrons. The highest BCUT2D eigenvalue weighted by Crippen LogP contribution is 2.22. The quantitative estimate of drug-likeness (QED) is 0.500. The van der Waals surface area contributed by atoms with Crippen LogP contribution in [0.4, 0.5) is 0 Å². The van der Waals surface area contributed by atoms with E-state index >= 15 is 0 Å². The van der Waals surface area contributed by atoms with Crippen LogP contribution in [0.15, 0.2) is 0 Å². The van der Waals surface area contributed by atoms with Crippen molar-refractivity contribution in [3.8, 4) is 0 Å². The van der Waals surface area contributed by atoms with E-state index in [0.29, 0.717) is 18.9 Å². The average molecular weight is 271 g/mol. The number of carboxylic acids is 1. The predicted molar refractivity (Wildman–Crippen MR) is 76.3 cm³/mol. The van der Waals surface area contributed by atoms with Crippen LogP contribution in [0, 0.1) is 5.92 Å². The third kappa shape index (κ3) is 7.53. The number of ether oxygens (including phenoxy) is 1. The summed E-state index contributed by atoms with van der Waals surface area (Å²) in [6.45, 7) is 4.14. The summed E-state index contributed by atoms with van der Waals surface area (Å²) >= 11 is 0. The third-order valence-corrected chi connectivity index (χ3v) is 3.82. The normalized spacial score (nSPS) is 19.0. The number of hydrogen-bond donors (Lipinski definition) is 2. The molecule has 0 amide bonds. The first-order valence-corrected chi connectivity index (χ1v) is 7.78. The SMILES string of the molecule is CCCNC(CCOCC1CCCCCC1)C(=O)O. The lowest BCUT2D eigenvalue weighted by atomic mass is 10.0. The number of hydrogen-bond acceptors (Lipinski definition) is 3. The monoisotopic (exact) mass is 271 g/mol. The Labute approximate surface area is 116 Å². The highest BCUT2D eigenvalue weighted by Gasteiger charge is 2.17. The molecule has 1 unspecified atom stereocenters. The van der Waals surface area contributed by atoms with Gasteiger partial charge in [-0.1, -0.05) is 32.6 Å². The van der Waals surface area contributed by atoms with Gasteiger partial charge in [0.2, 0.25) is 0 Å². The van der Waals surface area contributed by atoms with Crippen LogP contribution in [0.25, 0.3) is 0 Å². The van der Waals surface area contributed by atoms with Crippen LogP contribution >= 0.6 is 0 Å². The first kappa shape index (κ1) is 16.4. The van der Waals surface area contributed by atoms with Crippen LogP contribution in [0.1, 0.15) is 58.3 Å². The predicted octanol–water partition coefficient (Wildman–Crippen LogP) is 2.82. The largest absolute Gasteiger partial charge is 0.480 e. The minimum absolute atomic E-state index is 0.464. The van der Waals surface area contributed by atoms with Crippen molar-refractivity contribution in [1.29, 1.82) is 0 Å². The Morgan fingerprint density at radius 2 is 2.00 bits per heavy atom. The molecule has 1 fully saturated rings. The summed E-state index contributed by atoms with van der Waals surface area (Å²) in [6.07, 6.45) is 9.42. The second-order valence-electron chi connectivity index (χ2n) is 5.57. The molecule has 0 aromatic carbocycles. The van der Waals surface area contributed by atoms with Gasteiger partial charge in [0.15, 0.2) is 0 Å². The molecule has 1 aliphatic rings. The molecule has 0 bridgehead atoms. The van der Waals surface area contributed by atoms with E-state index in [1.54, 1.807) is 0 Å². The molecule has 112 valence electrons. The van der Waals surface area contributed by atoms with Gasteiger partial charge in [0.1, 0.15) is 6.04 Å². The molecule has 0 aliphatic heterocycles. The van der Waals surface area contributed by atoms with E-state index in [4.69, 9.17) is 9.84 Å². The molecule has 0 aromatic rings. The molecule has 0 saturated heterocycles. The van der Waals surface area contributed by atoms with Gasteiger partial charge in [-0.05, 0) is 38.1 Å². The molecule has 19 heavy (non-hydrogen) atoms. The van der Waals surface area contributed by atoms with E-state index in [9.17, 15) is 4.79 Å². The Balaban J connectivity index is 2.11. The summed E-state index contributed by atoms with van der Waals surface area (Å²) in [7, 11) is 0. The molecule has 0 heterocycles. The van der Waals surface area contributed by atoms with E-state index in [2.05, 4.69) is 5.32 Å². The van der Waals surface area contributed by atoms with Crippen molar-refractivity contribution >= 4 is 5.97 Å². The van der Waals surface area contributed by atoms with Crippen LogP contribution in [0.2, 0.25) is 0 Å². The van der Waals surface area contributed by atoms with Crippen molar-refractivity contribution in [2.24, 2.45) is 5.92 Å². The van der Waals surface area contributed by atoms with Gasteiger partial charge in [0.25, 0.3) is 0 Å². The number of aliphatic carboxylic acids is 1. The van der Waals surface area contributed by atoms with Crippen molar-refractivity contribution in [2.75, 3.05) is 19.8 Å². The van der Waals surface area contributed by atoms with E-state index in [-0.39, 0.29) is 0 Å². The Hall–Kier alpha value is -0.610. The van der Waals surface area contributed by atoms with Crippen molar-refractivity contribution < 1.29 is 14.6 Å². The molecule has 2 N–H and O–H groups in total. The van der Waals surface area contributed by atoms with Gasteiger partial charge in [-0.15, -0.1) is 0 Å². The summed E-state index contributed by atoms with van der Waals surface area (Å²) in [6, 6.07) is -0.464. The van der Waals surface area contributed by atoms with E-state index < -0.39 is 12.0 Å². The summed E-state index contributed by atoms with van der Waals surface area (Å²) < 4.78 is 5.69. The summed E-state index contributed by atoms with van der Waals surface area (Å²) in [5, 5.41) is 12.1. The molecule has 4 nitrogen and oxygen atoms in total. The first-order valence-electron chi connectivity index (χ1n) is 7.78. The minimum atomic E-state index is -0.772. The number of rotatable bonds is 9. The standard InChI is InChI=1S/C15H29NO3/c1-2-10-16-14(15(17)18)9-11-19-12-13-7-5-3-4-6-8-13/h13-14,16H,2-12H2,1H3,(H,17,18). The van der Waals surface area contributed by atoms with Gasteiger partial charge < -0.3 is 15.2 Å². The van der Waals surface area contributed by atoms with Crippen LogP contribution < -0.4 is 5.32 Å². The molecule has 0 aromatic heterocycles. The van der Waals surface area contributed by atoms with Crippen LogP contribution in [-0.2, 0) is 9.53 Å². The van der Waals surface area contributed by atoms with Crippen molar-refractivity contribution in [3.05, 3.63) is 0 Å². The first-order chi connectivity index (χ1) is 9.24. The topological polar surface area (TPSA) is 58.6 Å². The third-order valence-electron chi connectivity index (χ3n) is 3.82. The van der Waals surface area contributed by atoms with Gasteiger partial charge in [-0.25, -0.2) is 0 Å². The Bertz CT molecular complexity index is 238. The second-order valence-corrected chi connectivity index (χ2v) is 5.57. The highest BCUT2D eigenvalue weighted by atomic mass is 16.5. The molecular formula is C15H29NO3. The van der Waals surface area contributed by atoms with Gasteiger partial charge in [0, 0.05) is 13.2 Å². The van der Waals surface area contributed by atoms with Gasteiger partial charge in [-0.3, -0.25) is 4.79 Å². The fourth-order valence-electron chi connectivity index (χ4n) is 2.61. The maximum absolute atomic E-state index is 11.0. The Morgan fingerprint density at radius 1 is 1.32 bits per heavy atom. The lowest BCUT2D eigenvalue weighted by Crippen LogP contribution is -2.38. The van der Waals surface area contributed by atoms with E-state index in [0.717, 1.165) is 19.6 Å².